The van der Waals surface area contributed by atoms with Crippen LogP contribution < -0.4 is 0 Å². The smallest absolute Gasteiger partial charge is 0.0291 e. The van der Waals surface area contributed by atoms with Gasteiger partial charge in [0.2, 0.25) is 0 Å². The molecular formula is C13H26. The molecule has 0 aromatic rings. The molecule has 0 bridgehead atoms. The Morgan fingerprint density at radius 1 is 0.923 bits per heavy atom. The van der Waals surface area contributed by atoms with Crippen molar-refractivity contribution in [2.24, 2.45) is 11.8 Å². The van der Waals surface area contributed by atoms with Crippen LogP contribution in [0.1, 0.15) is 48.0 Å². The fourth-order valence-corrected chi connectivity index (χ4v) is 0.793. The van der Waals surface area contributed by atoms with Crippen molar-refractivity contribution >= 4 is 0 Å². The molecule has 0 aliphatic heterocycles. The third kappa shape index (κ3) is 24.6. The summed E-state index contributed by atoms with van der Waals surface area (Å²) in [5.41, 5.74) is 0. The van der Waals surface area contributed by atoms with Crippen molar-refractivity contribution < 1.29 is 0 Å². The van der Waals surface area contributed by atoms with Gasteiger partial charge in [0.1, 0.15) is 0 Å². The topological polar surface area (TPSA) is 0 Å². The van der Waals surface area contributed by atoms with Crippen molar-refractivity contribution in [3.8, 4) is 0 Å². The molecule has 13 heavy (non-hydrogen) atoms. The summed E-state index contributed by atoms with van der Waals surface area (Å²) in [5.74, 6) is 1.53. The zero-order valence-corrected chi connectivity index (χ0v) is 10.2. The minimum atomic E-state index is 0.718. The van der Waals surface area contributed by atoms with Crippen LogP contribution in [0.15, 0.2) is 24.3 Å². The Morgan fingerprint density at radius 3 is 1.54 bits per heavy atom. The van der Waals surface area contributed by atoms with Crippen molar-refractivity contribution in [1.29, 1.82) is 0 Å². The molecule has 0 aliphatic rings. The van der Waals surface area contributed by atoms with E-state index < -0.39 is 0 Å². The molecule has 0 rings (SSSR count). The summed E-state index contributed by atoms with van der Waals surface area (Å²) in [6, 6.07) is 0. The quantitative estimate of drug-likeness (QED) is 0.548. The largest absolute Gasteiger partial charge is 0.0917 e. The van der Waals surface area contributed by atoms with Crippen LogP contribution in [0.4, 0.5) is 0 Å². The van der Waals surface area contributed by atoms with Gasteiger partial charge in [0, 0.05) is 0 Å². The van der Waals surface area contributed by atoms with Crippen LogP contribution in [0.2, 0.25) is 0 Å². The van der Waals surface area contributed by atoms with Crippen LogP contribution in [-0.2, 0) is 0 Å². The molecule has 0 fully saturated rings. The van der Waals surface area contributed by atoms with Gasteiger partial charge in [-0.15, -0.1) is 0 Å². The van der Waals surface area contributed by atoms with Gasteiger partial charge in [-0.25, -0.2) is 0 Å². The SMILES string of the molecule is CC=CC(C)C.CC=CCC(C)C. The lowest BCUT2D eigenvalue weighted by Crippen LogP contribution is -1.79. The number of hydrogen-bond donors (Lipinski definition) is 0. The Balaban J connectivity index is 0. The first kappa shape index (κ1) is 15.0. The maximum absolute atomic E-state index is 2.22. The Labute approximate surface area is 84.7 Å². The molecule has 0 spiro atoms. The second-order valence-electron chi connectivity index (χ2n) is 3.97. The maximum atomic E-state index is 2.22. The van der Waals surface area contributed by atoms with Gasteiger partial charge in [-0.05, 0) is 32.1 Å². The predicted octanol–water partition coefficient (Wildman–Crippen LogP) is 4.83. The van der Waals surface area contributed by atoms with E-state index in [9.17, 15) is 0 Å². The minimum absolute atomic E-state index is 0.718. The van der Waals surface area contributed by atoms with E-state index in [1.54, 1.807) is 0 Å². The highest BCUT2D eigenvalue weighted by Crippen LogP contribution is 1.98. The van der Waals surface area contributed by atoms with E-state index in [0.29, 0.717) is 0 Å². The van der Waals surface area contributed by atoms with Gasteiger partial charge in [0.05, 0.1) is 0 Å². The van der Waals surface area contributed by atoms with Gasteiger partial charge in [0.15, 0.2) is 0 Å². The van der Waals surface area contributed by atoms with Crippen molar-refractivity contribution in [2.75, 3.05) is 0 Å². The average Bonchev–Trinajstić information content (AvgIpc) is 2.01. The van der Waals surface area contributed by atoms with E-state index in [1.807, 2.05) is 6.92 Å². The zero-order chi connectivity index (χ0) is 10.7. The lowest BCUT2D eigenvalue weighted by Gasteiger charge is -1.93. The second kappa shape index (κ2) is 11.5. The highest BCUT2D eigenvalue weighted by atomic mass is 13.9. The summed E-state index contributed by atoms with van der Waals surface area (Å²) in [6.45, 7) is 12.9. The monoisotopic (exact) mass is 182 g/mol. The molecule has 0 unspecified atom stereocenters. The van der Waals surface area contributed by atoms with Crippen LogP contribution in [0.5, 0.6) is 0 Å². The van der Waals surface area contributed by atoms with Gasteiger partial charge in [-0.2, -0.15) is 0 Å². The molecule has 0 aromatic carbocycles. The van der Waals surface area contributed by atoms with Gasteiger partial charge in [-0.3, -0.25) is 0 Å². The molecule has 0 aromatic heterocycles. The van der Waals surface area contributed by atoms with Crippen LogP contribution in [0.3, 0.4) is 0 Å². The molecule has 0 atom stereocenters. The second-order valence-corrected chi connectivity index (χ2v) is 3.97. The lowest BCUT2D eigenvalue weighted by atomic mass is 10.1. The first-order chi connectivity index (χ1) is 6.04. The van der Waals surface area contributed by atoms with Gasteiger partial charge >= 0.3 is 0 Å². The van der Waals surface area contributed by atoms with Crippen molar-refractivity contribution in [2.45, 2.75) is 48.0 Å². The summed E-state index contributed by atoms with van der Waals surface area (Å²) in [4.78, 5) is 0. The summed E-state index contributed by atoms with van der Waals surface area (Å²) in [6.07, 6.45) is 9.76. The molecule has 0 amide bonds. The molecule has 0 N–H and O–H groups in total. The molecule has 0 heterocycles. The summed E-state index contributed by atoms with van der Waals surface area (Å²) in [5, 5.41) is 0. The Bertz CT molecular complexity index is 127. The normalized spacial score (nSPS) is 11.4. The standard InChI is InChI=1S/C7H14.C6H12/c1-4-5-6-7(2)3;1-4-5-6(2)3/h4-5,7H,6H2,1-3H3;4-6H,1-3H3. The molecule has 0 nitrogen and oxygen atoms in total. The highest BCUT2D eigenvalue weighted by Gasteiger charge is 1.83. The van der Waals surface area contributed by atoms with Crippen LogP contribution in [0.25, 0.3) is 0 Å². The summed E-state index contributed by atoms with van der Waals surface area (Å²) in [7, 11) is 0. The zero-order valence-electron chi connectivity index (χ0n) is 10.2. The van der Waals surface area contributed by atoms with Crippen LogP contribution in [-0.4, -0.2) is 0 Å². The van der Waals surface area contributed by atoms with E-state index >= 15 is 0 Å². The fraction of sp³-hybridized carbons (Fsp3) is 0.692. The van der Waals surface area contributed by atoms with E-state index in [1.165, 1.54) is 6.42 Å². The predicted molar refractivity (Wildman–Crippen MR) is 63.9 cm³/mol. The summed E-state index contributed by atoms with van der Waals surface area (Å²) >= 11 is 0. The van der Waals surface area contributed by atoms with Gasteiger partial charge in [-0.1, -0.05) is 52.0 Å². The van der Waals surface area contributed by atoms with Crippen molar-refractivity contribution in [3.05, 3.63) is 24.3 Å². The minimum Gasteiger partial charge on any atom is -0.0917 e. The Kier molecular flexibility index (Phi) is 13.2. The Morgan fingerprint density at radius 2 is 1.46 bits per heavy atom. The van der Waals surface area contributed by atoms with Gasteiger partial charge < -0.3 is 0 Å². The molecule has 0 aliphatic carbocycles. The van der Waals surface area contributed by atoms with E-state index in [-0.39, 0.29) is 0 Å². The maximum Gasteiger partial charge on any atom is -0.0291 e. The van der Waals surface area contributed by atoms with E-state index in [0.717, 1.165) is 11.8 Å². The van der Waals surface area contributed by atoms with Crippen molar-refractivity contribution in [1.82, 2.24) is 0 Å². The van der Waals surface area contributed by atoms with Crippen LogP contribution in [0, 0.1) is 11.8 Å². The number of hydrogen-bond acceptors (Lipinski definition) is 0. The highest BCUT2D eigenvalue weighted by molar-refractivity contribution is 4.79. The van der Waals surface area contributed by atoms with Crippen LogP contribution >= 0.6 is 0 Å². The summed E-state index contributed by atoms with van der Waals surface area (Å²) < 4.78 is 0. The number of allylic oxidation sites excluding steroid dienone is 4. The molecule has 0 saturated carbocycles. The molecule has 0 heteroatoms. The van der Waals surface area contributed by atoms with E-state index in [2.05, 4.69) is 58.9 Å². The third-order valence-electron chi connectivity index (χ3n) is 1.42. The van der Waals surface area contributed by atoms with Crippen molar-refractivity contribution in [3.63, 3.8) is 0 Å². The fourth-order valence-electron chi connectivity index (χ4n) is 0.793. The number of rotatable bonds is 3. The van der Waals surface area contributed by atoms with E-state index in [4.69, 9.17) is 0 Å². The molecule has 0 radical (unpaired) electrons. The first-order valence-electron chi connectivity index (χ1n) is 5.28. The van der Waals surface area contributed by atoms with Gasteiger partial charge in [0.25, 0.3) is 0 Å². The molecule has 0 saturated heterocycles. The lowest BCUT2D eigenvalue weighted by molar-refractivity contribution is 0.663. The Hall–Kier alpha value is -0.520. The average molecular weight is 182 g/mol. The molecule has 78 valence electrons. The molecular weight excluding hydrogens is 156 g/mol. The first-order valence-corrected chi connectivity index (χ1v) is 5.28. The third-order valence-corrected chi connectivity index (χ3v) is 1.42.